The number of nitrogens with one attached hydrogen (secondary N) is 1. The monoisotopic (exact) mass is 273 g/mol. The van der Waals surface area contributed by atoms with Gasteiger partial charge in [0.1, 0.15) is 5.82 Å². The zero-order chi connectivity index (χ0) is 11.3. The van der Waals surface area contributed by atoms with Crippen LogP contribution >= 0.6 is 15.9 Å². The molecule has 0 aromatic heterocycles. The first kappa shape index (κ1) is 12.7. The number of benzene rings is 1. The van der Waals surface area contributed by atoms with E-state index < -0.39 is 0 Å². The summed E-state index contributed by atoms with van der Waals surface area (Å²) in [4.78, 5) is 0. The summed E-state index contributed by atoms with van der Waals surface area (Å²) in [5.41, 5.74) is 0.715. The van der Waals surface area contributed by atoms with Gasteiger partial charge in [-0.15, -0.1) is 0 Å². The quantitative estimate of drug-likeness (QED) is 0.862. The molecule has 0 amide bonds. The highest BCUT2D eigenvalue weighted by molar-refractivity contribution is 9.10. The molecule has 0 aliphatic carbocycles. The molecule has 84 valence electrons. The molecule has 1 aromatic carbocycles. The third-order valence-corrected chi connectivity index (χ3v) is 3.01. The van der Waals surface area contributed by atoms with Gasteiger partial charge in [-0.05, 0) is 30.7 Å². The molecule has 0 spiro atoms. The van der Waals surface area contributed by atoms with Crippen molar-refractivity contribution in [2.75, 3.05) is 6.54 Å². The van der Waals surface area contributed by atoms with Gasteiger partial charge in [-0.1, -0.05) is 36.2 Å². The maximum Gasteiger partial charge on any atom is 0.127 e. The number of halogens is 2. The molecule has 0 heterocycles. The third-order valence-electron chi connectivity index (χ3n) is 2.51. The van der Waals surface area contributed by atoms with E-state index in [-0.39, 0.29) is 5.82 Å². The van der Waals surface area contributed by atoms with Gasteiger partial charge in [0.25, 0.3) is 0 Å². The fourth-order valence-corrected chi connectivity index (χ4v) is 1.68. The fraction of sp³-hybridized carbons (Fsp3) is 0.500. The lowest BCUT2D eigenvalue weighted by molar-refractivity contribution is 0.492. The zero-order valence-corrected chi connectivity index (χ0v) is 10.8. The van der Waals surface area contributed by atoms with Crippen molar-refractivity contribution < 1.29 is 4.39 Å². The van der Waals surface area contributed by atoms with Gasteiger partial charge in [0.05, 0.1) is 0 Å². The molecule has 0 radical (unpaired) electrons. The summed E-state index contributed by atoms with van der Waals surface area (Å²) in [5.74, 6) is 0.495. The maximum atomic E-state index is 13.3. The molecule has 0 saturated carbocycles. The summed E-state index contributed by atoms with van der Waals surface area (Å²) in [6.07, 6.45) is 1.15. The molecular weight excluding hydrogens is 257 g/mol. The smallest absolute Gasteiger partial charge is 0.127 e. The van der Waals surface area contributed by atoms with Crippen molar-refractivity contribution in [2.45, 2.75) is 26.8 Å². The average Bonchev–Trinajstić information content (AvgIpc) is 2.23. The second kappa shape index (κ2) is 6.23. The van der Waals surface area contributed by atoms with Crippen LogP contribution < -0.4 is 5.32 Å². The molecule has 15 heavy (non-hydrogen) atoms. The molecule has 1 N–H and O–H groups in total. The van der Waals surface area contributed by atoms with E-state index in [0.29, 0.717) is 18.0 Å². The highest BCUT2D eigenvalue weighted by Crippen LogP contribution is 2.15. The van der Waals surface area contributed by atoms with Gasteiger partial charge < -0.3 is 5.32 Å². The Hall–Kier alpha value is -0.410. The van der Waals surface area contributed by atoms with Gasteiger partial charge in [0, 0.05) is 16.6 Å². The van der Waals surface area contributed by atoms with Crippen molar-refractivity contribution >= 4 is 15.9 Å². The van der Waals surface area contributed by atoms with Crippen LogP contribution in [0.4, 0.5) is 4.39 Å². The lowest BCUT2D eigenvalue weighted by Gasteiger charge is -2.10. The van der Waals surface area contributed by atoms with E-state index in [2.05, 4.69) is 35.1 Å². The minimum absolute atomic E-state index is 0.144. The van der Waals surface area contributed by atoms with Crippen LogP contribution in [0.25, 0.3) is 0 Å². The summed E-state index contributed by atoms with van der Waals surface area (Å²) >= 11 is 3.34. The molecule has 1 unspecified atom stereocenters. The molecule has 3 heteroatoms. The van der Waals surface area contributed by atoms with Crippen LogP contribution in [0.2, 0.25) is 0 Å². The summed E-state index contributed by atoms with van der Waals surface area (Å²) < 4.78 is 14.2. The fourth-order valence-electron chi connectivity index (χ4n) is 1.28. The second-order valence-electron chi connectivity index (χ2n) is 3.88. The Bertz CT molecular complexity index is 314. The van der Waals surface area contributed by atoms with Gasteiger partial charge in [0.2, 0.25) is 0 Å². The first-order valence-electron chi connectivity index (χ1n) is 5.28. The van der Waals surface area contributed by atoms with Crippen molar-refractivity contribution in [3.05, 3.63) is 34.1 Å². The molecule has 0 aliphatic heterocycles. The highest BCUT2D eigenvalue weighted by atomic mass is 79.9. The van der Waals surface area contributed by atoms with Crippen molar-refractivity contribution in [2.24, 2.45) is 5.92 Å². The predicted molar refractivity (Wildman–Crippen MR) is 65.3 cm³/mol. The van der Waals surface area contributed by atoms with E-state index in [1.807, 2.05) is 6.07 Å². The van der Waals surface area contributed by atoms with Crippen molar-refractivity contribution in [3.8, 4) is 0 Å². The van der Waals surface area contributed by atoms with Crippen LogP contribution in [0.15, 0.2) is 22.7 Å². The van der Waals surface area contributed by atoms with E-state index in [1.165, 1.54) is 6.07 Å². The van der Waals surface area contributed by atoms with Crippen molar-refractivity contribution in [1.29, 1.82) is 0 Å². The first-order valence-corrected chi connectivity index (χ1v) is 6.07. The van der Waals surface area contributed by atoms with Crippen molar-refractivity contribution in [3.63, 3.8) is 0 Å². The van der Waals surface area contributed by atoms with E-state index in [4.69, 9.17) is 0 Å². The molecule has 0 saturated heterocycles. The topological polar surface area (TPSA) is 12.0 Å². The zero-order valence-electron chi connectivity index (χ0n) is 9.19. The Kier molecular flexibility index (Phi) is 5.26. The second-order valence-corrected chi connectivity index (χ2v) is 4.80. The van der Waals surface area contributed by atoms with Crippen molar-refractivity contribution in [1.82, 2.24) is 5.32 Å². The first-order chi connectivity index (χ1) is 7.13. The minimum Gasteiger partial charge on any atom is -0.312 e. The Morgan fingerprint density at radius 3 is 2.87 bits per heavy atom. The summed E-state index contributed by atoms with van der Waals surface area (Å²) in [6, 6.07) is 5.02. The van der Waals surface area contributed by atoms with Gasteiger partial charge in [-0.3, -0.25) is 0 Å². The molecule has 1 atom stereocenters. The van der Waals surface area contributed by atoms with Crippen LogP contribution in [0.1, 0.15) is 25.8 Å². The summed E-state index contributed by atoms with van der Waals surface area (Å²) in [5, 5.41) is 3.26. The summed E-state index contributed by atoms with van der Waals surface area (Å²) in [7, 11) is 0. The predicted octanol–water partition coefficient (Wildman–Crippen LogP) is 3.72. The molecule has 0 bridgehead atoms. The SMILES string of the molecule is CCC(C)CNCc1cc(Br)ccc1F. The standard InChI is InChI=1S/C12H17BrFN/c1-3-9(2)7-15-8-10-6-11(13)4-5-12(10)14/h4-6,9,15H,3,7-8H2,1-2H3. The minimum atomic E-state index is -0.144. The van der Waals surface area contributed by atoms with Crippen LogP contribution in [0.5, 0.6) is 0 Å². The Morgan fingerprint density at radius 1 is 1.47 bits per heavy atom. The average molecular weight is 274 g/mol. The lowest BCUT2D eigenvalue weighted by Crippen LogP contribution is -2.20. The molecular formula is C12H17BrFN. The Morgan fingerprint density at radius 2 is 2.20 bits per heavy atom. The Labute approximate surface area is 99.2 Å². The molecule has 1 aromatic rings. The van der Waals surface area contributed by atoms with E-state index in [9.17, 15) is 4.39 Å². The maximum absolute atomic E-state index is 13.3. The van der Waals surface area contributed by atoms with Crippen LogP contribution in [-0.2, 0) is 6.54 Å². The largest absolute Gasteiger partial charge is 0.312 e. The normalized spacial score (nSPS) is 12.8. The molecule has 1 nitrogen and oxygen atoms in total. The van der Waals surface area contributed by atoms with Gasteiger partial charge >= 0.3 is 0 Å². The number of hydrogen-bond acceptors (Lipinski definition) is 1. The van der Waals surface area contributed by atoms with Gasteiger partial charge in [0.15, 0.2) is 0 Å². The van der Waals surface area contributed by atoms with E-state index in [1.54, 1.807) is 6.07 Å². The van der Waals surface area contributed by atoms with E-state index >= 15 is 0 Å². The van der Waals surface area contributed by atoms with Crippen LogP contribution in [0, 0.1) is 11.7 Å². The lowest BCUT2D eigenvalue weighted by atomic mass is 10.1. The van der Waals surface area contributed by atoms with Crippen LogP contribution in [-0.4, -0.2) is 6.54 Å². The number of rotatable bonds is 5. The molecule has 0 fully saturated rings. The third kappa shape index (κ3) is 4.31. The van der Waals surface area contributed by atoms with Crippen LogP contribution in [0.3, 0.4) is 0 Å². The van der Waals surface area contributed by atoms with Gasteiger partial charge in [-0.25, -0.2) is 4.39 Å². The van der Waals surface area contributed by atoms with E-state index in [0.717, 1.165) is 17.4 Å². The summed E-state index contributed by atoms with van der Waals surface area (Å²) in [6.45, 7) is 5.87. The highest BCUT2D eigenvalue weighted by Gasteiger charge is 2.03. The molecule has 1 rings (SSSR count). The van der Waals surface area contributed by atoms with Gasteiger partial charge in [-0.2, -0.15) is 0 Å². The molecule has 0 aliphatic rings. The Balaban J connectivity index is 2.46. The number of hydrogen-bond donors (Lipinski definition) is 1.